The van der Waals surface area contributed by atoms with Crippen molar-refractivity contribution >= 4 is 34.3 Å². The average molecular weight is 476 g/mol. The first-order valence-electron chi connectivity index (χ1n) is 10.7. The smallest absolute Gasteiger partial charge is 0.267 e. The number of methoxy groups -OCH3 is 1. The molecule has 0 fully saturated rings. The molecule has 0 saturated heterocycles. The van der Waals surface area contributed by atoms with Crippen molar-refractivity contribution in [1.29, 1.82) is 0 Å². The van der Waals surface area contributed by atoms with Crippen molar-refractivity contribution < 1.29 is 9.53 Å². The third-order valence-electron chi connectivity index (χ3n) is 5.35. The lowest BCUT2D eigenvalue weighted by molar-refractivity contribution is -0.127. The van der Waals surface area contributed by atoms with Crippen molar-refractivity contribution in [3.05, 3.63) is 83.7 Å². The maximum atomic E-state index is 13.6. The van der Waals surface area contributed by atoms with E-state index >= 15 is 0 Å². The van der Waals surface area contributed by atoms with Crippen LogP contribution in [0.25, 0.3) is 22.4 Å². The van der Waals surface area contributed by atoms with Gasteiger partial charge in [-0.15, -0.1) is 23.4 Å². The van der Waals surface area contributed by atoms with Gasteiger partial charge in [0.05, 0.1) is 29.5 Å². The van der Waals surface area contributed by atoms with E-state index in [4.69, 9.17) is 4.74 Å². The fourth-order valence-electron chi connectivity index (χ4n) is 3.77. The minimum Gasteiger partial charge on any atom is -0.495 e. The highest BCUT2D eigenvalue weighted by atomic mass is 32.2. The molecule has 0 N–H and O–H groups in total. The van der Waals surface area contributed by atoms with Crippen LogP contribution in [-0.2, 0) is 4.79 Å². The van der Waals surface area contributed by atoms with Crippen LogP contribution in [0, 0.1) is 6.92 Å². The highest BCUT2D eigenvalue weighted by molar-refractivity contribution is 7.99. The molecule has 0 saturated carbocycles. The van der Waals surface area contributed by atoms with Crippen LogP contribution < -0.4 is 10.3 Å². The summed E-state index contributed by atoms with van der Waals surface area (Å²) in [5.41, 5.74) is 1.99. The van der Waals surface area contributed by atoms with Crippen LogP contribution in [0.5, 0.6) is 5.75 Å². The van der Waals surface area contributed by atoms with Crippen molar-refractivity contribution in [2.45, 2.75) is 12.1 Å². The number of benzene rings is 2. The molecule has 1 amide bonds. The van der Waals surface area contributed by atoms with Crippen LogP contribution in [0.3, 0.4) is 0 Å². The van der Waals surface area contributed by atoms with E-state index in [0.717, 1.165) is 5.56 Å². The second kappa shape index (κ2) is 9.96. The molecule has 34 heavy (non-hydrogen) atoms. The zero-order valence-electron chi connectivity index (χ0n) is 19.1. The standard InChI is InChI=1S/C25H25N5O3S/c1-5-13-28(14-6-2)22(31)16-34-25-27-26-24-29(20-15-17(3)11-12-21(20)33-4)23(32)18-9-7-8-10-19(18)30(24)25/h5-12,15H,1-2,13-14,16H2,3-4H3. The topological polar surface area (TPSA) is 81.7 Å². The van der Waals surface area contributed by atoms with E-state index in [1.54, 1.807) is 30.2 Å². The van der Waals surface area contributed by atoms with Crippen molar-refractivity contribution in [1.82, 2.24) is 24.1 Å². The summed E-state index contributed by atoms with van der Waals surface area (Å²) in [6.45, 7) is 10.2. The molecule has 0 aliphatic carbocycles. The first kappa shape index (κ1) is 23.3. The summed E-state index contributed by atoms with van der Waals surface area (Å²) in [4.78, 5) is 28.0. The number of rotatable bonds is 9. The molecule has 0 aliphatic heterocycles. The summed E-state index contributed by atoms with van der Waals surface area (Å²) in [5, 5.41) is 9.70. The van der Waals surface area contributed by atoms with Gasteiger partial charge in [0.15, 0.2) is 5.16 Å². The molecule has 2 aromatic carbocycles. The van der Waals surface area contributed by atoms with E-state index in [2.05, 4.69) is 23.4 Å². The lowest BCUT2D eigenvalue weighted by atomic mass is 10.2. The Kier molecular flexibility index (Phi) is 6.83. The van der Waals surface area contributed by atoms with Crippen molar-refractivity contribution in [3.63, 3.8) is 0 Å². The first-order valence-corrected chi connectivity index (χ1v) is 11.6. The van der Waals surface area contributed by atoms with Gasteiger partial charge in [-0.25, -0.2) is 4.57 Å². The molecule has 9 heteroatoms. The van der Waals surface area contributed by atoms with E-state index in [1.807, 2.05) is 47.7 Å². The van der Waals surface area contributed by atoms with E-state index < -0.39 is 0 Å². The van der Waals surface area contributed by atoms with Crippen LogP contribution in [-0.4, -0.2) is 55.9 Å². The average Bonchev–Trinajstić information content (AvgIpc) is 3.26. The largest absolute Gasteiger partial charge is 0.495 e. The minimum atomic E-state index is -0.227. The molecule has 0 spiro atoms. The summed E-state index contributed by atoms with van der Waals surface area (Å²) < 4.78 is 8.86. The first-order chi connectivity index (χ1) is 16.5. The summed E-state index contributed by atoms with van der Waals surface area (Å²) >= 11 is 1.27. The third kappa shape index (κ3) is 4.22. The lowest BCUT2D eigenvalue weighted by Gasteiger charge is -2.18. The minimum absolute atomic E-state index is 0.0699. The second-order valence-electron chi connectivity index (χ2n) is 7.62. The summed E-state index contributed by atoms with van der Waals surface area (Å²) in [6.07, 6.45) is 3.36. The highest BCUT2D eigenvalue weighted by Crippen LogP contribution is 2.28. The highest BCUT2D eigenvalue weighted by Gasteiger charge is 2.21. The molecule has 8 nitrogen and oxygen atoms in total. The van der Waals surface area contributed by atoms with Crippen molar-refractivity contribution in [2.75, 3.05) is 26.0 Å². The fraction of sp³-hybridized carbons (Fsp3) is 0.200. The van der Waals surface area contributed by atoms with Crippen LogP contribution in [0.4, 0.5) is 0 Å². The number of ether oxygens (including phenoxy) is 1. The van der Waals surface area contributed by atoms with Gasteiger partial charge in [0.25, 0.3) is 5.56 Å². The second-order valence-corrected chi connectivity index (χ2v) is 8.56. The molecule has 174 valence electrons. The van der Waals surface area contributed by atoms with Crippen LogP contribution >= 0.6 is 11.8 Å². The lowest BCUT2D eigenvalue weighted by Crippen LogP contribution is -2.32. The van der Waals surface area contributed by atoms with E-state index in [1.165, 1.54) is 16.3 Å². The molecule has 2 heterocycles. The number of nitrogens with zero attached hydrogens (tertiary/aromatic N) is 5. The summed E-state index contributed by atoms with van der Waals surface area (Å²) in [5.74, 6) is 0.974. The Morgan fingerprint density at radius 2 is 1.88 bits per heavy atom. The van der Waals surface area contributed by atoms with Crippen LogP contribution in [0.2, 0.25) is 0 Å². The van der Waals surface area contributed by atoms with E-state index in [9.17, 15) is 9.59 Å². The van der Waals surface area contributed by atoms with Gasteiger partial charge in [0, 0.05) is 13.1 Å². The van der Waals surface area contributed by atoms with Gasteiger partial charge in [0.1, 0.15) is 5.75 Å². The van der Waals surface area contributed by atoms with Gasteiger partial charge < -0.3 is 9.64 Å². The van der Waals surface area contributed by atoms with Crippen LogP contribution in [0.15, 0.2) is 77.7 Å². The molecule has 0 atom stereocenters. The zero-order valence-corrected chi connectivity index (χ0v) is 19.9. The molecular formula is C25H25N5O3S. The monoisotopic (exact) mass is 475 g/mol. The number of carbonyl (C=O) groups is 1. The van der Waals surface area contributed by atoms with Crippen molar-refractivity contribution in [2.24, 2.45) is 0 Å². The molecule has 0 bridgehead atoms. The fourth-order valence-corrected chi connectivity index (χ4v) is 4.61. The number of hydrogen-bond donors (Lipinski definition) is 0. The maximum Gasteiger partial charge on any atom is 0.267 e. The van der Waals surface area contributed by atoms with E-state index in [0.29, 0.717) is 46.4 Å². The number of carbonyl (C=O) groups excluding carboxylic acids is 1. The Morgan fingerprint density at radius 1 is 1.15 bits per heavy atom. The maximum absolute atomic E-state index is 13.6. The Hall–Kier alpha value is -3.85. The van der Waals surface area contributed by atoms with Gasteiger partial charge in [0.2, 0.25) is 11.7 Å². The van der Waals surface area contributed by atoms with Gasteiger partial charge in [-0.1, -0.05) is 42.1 Å². The van der Waals surface area contributed by atoms with Gasteiger partial charge in [-0.3, -0.25) is 14.0 Å². The summed E-state index contributed by atoms with van der Waals surface area (Å²) in [6, 6.07) is 12.9. The normalized spacial score (nSPS) is 11.0. The molecule has 2 aromatic heterocycles. The molecule has 0 radical (unpaired) electrons. The molecule has 0 unspecified atom stereocenters. The Labute approximate surface area is 201 Å². The molecular weight excluding hydrogens is 450 g/mol. The third-order valence-corrected chi connectivity index (χ3v) is 6.26. The number of hydrogen-bond acceptors (Lipinski definition) is 6. The van der Waals surface area contributed by atoms with Crippen molar-refractivity contribution in [3.8, 4) is 11.4 Å². The Morgan fingerprint density at radius 3 is 2.59 bits per heavy atom. The molecule has 0 aliphatic rings. The molecule has 4 rings (SSSR count). The van der Waals surface area contributed by atoms with Gasteiger partial charge in [-0.2, -0.15) is 0 Å². The number of fused-ring (bicyclic) bond motifs is 3. The van der Waals surface area contributed by atoms with Crippen LogP contribution in [0.1, 0.15) is 5.56 Å². The Bertz CT molecular complexity index is 1450. The Balaban J connectivity index is 1.87. The number of thioether (sulfide) groups is 1. The van der Waals surface area contributed by atoms with E-state index in [-0.39, 0.29) is 17.2 Å². The zero-order chi connectivity index (χ0) is 24.2. The predicted octanol–water partition coefficient (Wildman–Crippen LogP) is 3.64. The number of aromatic nitrogens is 4. The van der Waals surface area contributed by atoms with Gasteiger partial charge >= 0.3 is 0 Å². The quantitative estimate of drug-likeness (QED) is 0.272. The number of aryl methyl sites for hydroxylation is 1. The van der Waals surface area contributed by atoms with Gasteiger partial charge in [-0.05, 0) is 36.8 Å². The summed E-state index contributed by atoms with van der Waals surface area (Å²) in [7, 11) is 1.56. The number of amides is 1. The molecule has 4 aromatic rings. The SMILES string of the molecule is C=CCN(CC=C)C(=O)CSc1nnc2n(-c3cc(C)ccc3OC)c(=O)c3ccccc3n12. The number of para-hydroxylation sites is 1. The predicted molar refractivity (Wildman–Crippen MR) is 135 cm³/mol.